The Balaban J connectivity index is 2.29. The van der Waals surface area contributed by atoms with Crippen LogP contribution in [-0.4, -0.2) is 36.2 Å². The molecule has 3 unspecified atom stereocenters. The lowest BCUT2D eigenvalue weighted by atomic mass is 9.94. The van der Waals surface area contributed by atoms with E-state index in [-0.39, 0.29) is 11.9 Å². The van der Waals surface area contributed by atoms with Gasteiger partial charge in [-0.05, 0) is 32.2 Å². The first-order valence-electron chi connectivity index (χ1n) is 5.28. The molecule has 0 saturated carbocycles. The summed E-state index contributed by atoms with van der Waals surface area (Å²) in [5.41, 5.74) is 0. The lowest BCUT2D eigenvalue weighted by Crippen LogP contribution is -2.49. The van der Waals surface area contributed by atoms with E-state index < -0.39 is 6.10 Å². The number of carbonyl (C=O) groups is 1. The van der Waals surface area contributed by atoms with Gasteiger partial charge in [0.25, 0.3) is 0 Å². The molecular formula is C10H20N2O2. The number of piperidine rings is 1. The molecule has 1 aliphatic heterocycles. The monoisotopic (exact) mass is 200 g/mol. The van der Waals surface area contributed by atoms with Crippen molar-refractivity contribution < 1.29 is 9.90 Å². The molecule has 0 spiro atoms. The van der Waals surface area contributed by atoms with E-state index >= 15 is 0 Å². The highest BCUT2D eigenvalue weighted by atomic mass is 16.3. The van der Waals surface area contributed by atoms with Crippen LogP contribution in [0.25, 0.3) is 0 Å². The number of hydrogen-bond donors (Lipinski definition) is 3. The van der Waals surface area contributed by atoms with E-state index in [9.17, 15) is 4.79 Å². The van der Waals surface area contributed by atoms with Crippen molar-refractivity contribution in [3.63, 3.8) is 0 Å². The van der Waals surface area contributed by atoms with Crippen LogP contribution >= 0.6 is 0 Å². The van der Waals surface area contributed by atoms with Gasteiger partial charge in [-0.15, -0.1) is 0 Å². The quantitative estimate of drug-likeness (QED) is 0.595. The fourth-order valence-corrected chi connectivity index (χ4v) is 1.68. The number of amides is 1. The van der Waals surface area contributed by atoms with Crippen molar-refractivity contribution in [2.45, 2.75) is 38.8 Å². The maximum absolute atomic E-state index is 11.6. The fraction of sp³-hybridized carbons (Fsp3) is 0.900. The number of carbonyl (C=O) groups excluding carboxylic acids is 1. The molecule has 1 heterocycles. The molecule has 0 radical (unpaired) electrons. The normalized spacial score (nSPS) is 29.6. The van der Waals surface area contributed by atoms with Crippen LogP contribution in [0.1, 0.15) is 26.7 Å². The van der Waals surface area contributed by atoms with Crippen LogP contribution in [0.5, 0.6) is 0 Å². The van der Waals surface area contributed by atoms with Crippen LogP contribution in [0.15, 0.2) is 0 Å². The highest BCUT2D eigenvalue weighted by Crippen LogP contribution is 2.14. The molecule has 0 aromatic carbocycles. The number of hydrogen-bond acceptors (Lipinski definition) is 3. The molecule has 0 aliphatic carbocycles. The molecule has 1 fully saturated rings. The predicted octanol–water partition coefficient (Wildman–Crippen LogP) is -0.128. The van der Waals surface area contributed by atoms with Crippen LogP contribution < -0.4 is 10.6 Å². The molecule has 1 saturated heterocycles. The Bertz CT molecular complexity index is 195. The van der Waals surface area contributed by atoms with Gasteiger partial charge < -0.3 is 15.7 Å². The minimum absolute atomic E-state index is 0.0115. The third kappa shape index (κ3) is 3.64. The highest BCUT2D eigenvalue weighted by molar-refractivity contribution is 5.81. The standard InChI is InChI=1S/C10H20N2O2/c1-7-3-4-11-9(5-7)10(14)12-6-8(2)13/h7-9,11,13H,3-6H2,1-2H3,(H,12,14). The molecule has 0 aromatic rings. The number of rotatable bonds is 3. The molecule has 1 aliphatic rings. The molecule has 3 N–H and O–H groups in total. The molecule has 0 aromatic heterocycles. The Kier molecular flexibility index (Phi) is 4.35. The minimum atomic E-state index is -0.472. The van der Waals surface area contributed by atoms with Crippen molar-refractivity contribution in [1.82, 2.24) is 10.6 Å². The van der Waals surface area contributed by atoms with Crippen LogP contribution in [0.3, 0.4) is 0 Å². The Morgan fingerprint density at radius 1 is 1.71 bits per heavy atom. The van der Waals surface area contributed by atoms with Gasteiger partial charge in [0.1, 0.15) is 0 Å². The average molecular weight is 200 g/mol. The zero-order valence-electron chi connectivity index (χ0n) is 8.92. The molecule has 4 heteroatoms. The van der Waals surface area contributed by atoms with Crippen LogP contribution in [0, 0.1) is 5.92 Å². The third-order valence-electron chi connectivity index (χ3n) is 2.55. The van der Waals surface area contributed by atoms with E-state index in [0.29, 0.717) is 12.5 Å². The number of nitrogens with one attached hydrogen (secondary N) is 2. The predicted molar refractivity (Wildman–Crippen MR) is 54.9 cm³/mol. The summed E-state index contributed by atoms with van der Waals surface area (Å²) < 4.78 is 0. The first-order chi connectivity index (χ1) is 6.59. The fourth-order valence-electron chi connectivity index (χ4n) is 1.68. The minimum Gasteiger partial charge on any atom is -0.392 e. The van der Waals surface area contributed by atoms with E-state index in [4.69, 9.17) is 5.11 Å². The SMILES string of the molecule is CC(O)CNC(=O)C1CC(C)CCN1. The molecular weight excluding hydrogens is 180 g/mol. The van der Waals surface area contributed by atoms with Gasteiger partial charge in [-0.25, -0.2) is 0 Å². The van der Waals surface area contributed by atoms with Gasteiger partial charge in [-0.3, -0.25) is 4.79 Å². The second-order valence-electron chi connectivity index (χ2n) is 4.23. The van der Waals surface area contributed by atoms with Gasteiger partial charge in [-0.2, -0.15) is 0 Å². The molecule has 4 nitrogen and oxygen atoms in total. The maximum atomic E-state index is 11.6. The molecule has 3 atom stereocenters. The van der Waals surface area contributed by atoms with Crippen LogP contribution in [0.2, 0.25) is 0 Å². The van der Waals surface area contributed by atoms with E-state index in [1.807, 2.05) is 0 Å². The average Bonchev–Trinajstić information content (AvgIpc) is 2.14. The first kappa shape index (κ1) is 11.5. The van der Waals surface area contributed by atoms with Gasteiger partial charge in [0.15, 0.2) is 0 Å². The summed E-state index contributed by atoms with van der Waals surface area (Å²) in [4.78, 5) is 11.6. The van der Waals surface area contributed by atoms with E-state index in [1.165, 1.54) is 0 Å². The summed E-state index contributed by atoms with van der Waals surface area (Å²) in [7, 11) is 0. The van der Waals surface area contributed by atoms with E-state index in [1.54, 1.807) is 6.92 Å². The summed E-state index contributed by atoms with van der Waals surface area (Å²) in [5.74, 6) is 0.621. The Labute approximate surface area is 85.1 Å². The molecule has 1 amide bonds. The van der Waals surface area contributed by atoms with Gasteiger partial charge >= 0.3 is 0 Å². The topological polar surface area (TPSA) is 61.4 Å². The Morgan fingerprint density at radius 2 is 2.43 bits per heavy atom. The van der Waals surface area contributed by atoms with Crippen molar-refractivity contribution in [2.75, 3.05) is 13.1 Å². The van der Waals surface area contributed by atoms with Crippen molar-refractivity contribution in [2.24, 2.45) is 5.92 Å². The van der Waals surface area contributed by atoms with Gasteiger partial charge in [0.2, 0.25) is 5.91 Å². The zero-order valence-corrected chi connectivity index (χ0v) is 8.92. The second kappa shape index (κ2) is 5.32. The van der Waals surface area contributed by atoms with Crippen molar-refractivity contribution in [3.05, 3.63) is 0 Å². The summed E-state index contributed by atoms with van der Waals surface area (Å²) >= 11 is 0. The van der Waals surface area contributed by atoms with Gasteiger partial charge in [0.05, 0.1) is 12.1 Å². The summed E-state index contributed by atoms with van der Waals surface area (Å²) in [6.07, 6.45) is 1.56. The summed E-state index contributed by atoms with van der Waals surface area (Å²) in [6.45, 7) is 5.08. The van der Waals surface area contributed by atoms with E-state index in [0.717, 1.165) is 19.4 Å². The van der Waals surface area contributed by atoms with Crippen molar-refractivity contribution in [1.29, 1.82) is 0 Å². The van der Waals surface area contributed by atoms with Crippen LogP contribution in [-0.2, 0) is 4.79 Å². The van der Waals surface area contributed by atoms with E-state index in [2.05, 4.69) is 17.6 Å². The first-order valence-corrected chi connectivity index (χ1v) is 5.28. The molecule has 14 heavy (non-hydrogen) atoms. The molecule has 82 valence electrons. The summed E-state index contributed by atoms with van der Waals surface area (Å²) in [6, 6.07) is -0.0718. The van der Waals surface area contributed by atoms with Gasteiger partial charge in [0, 0.05) is 6.54 Å². The Morgan fingerprint density at radius 3 is 3.00 bits per heavy atom. The Hall–Kier alpha value is -0.610. The van der Waals surface area contributed by atoms with Crippen molar-refractivity contribution in [3.8, 4) is 0 Å². The lowest BCUT2D eigenvalue weighted by molar-refractivity contribution is -0.124. The second-order valence-corrected chi connectivity index (χ2v) is 4.23. The van der Waals surface area contributed by atoms with Crippen molar-refractivity contribution >= 4 is 5.91 Å². The largest absolute Gasteiger partial charge is 0.392 e. The maximum Gasteiger partial charge on any atom is 0.237 e. The lowest BCUT2D eigenvalue weighted by Gasteiger charge is -2.27. The zero-order chi connectivity index (χ0) is 10.6. The smallest absolute Gasteiger partial charge is 0.237 e. The number of aliphatic hydroxyl groups excluding tert-OH is 1. The molecule has 1 rings (SSSR count). The number of aliphatic hydroxyl groups is 1. The third-order valence-corrected chi connectivity index (χ3v) is 2.55. The van der Waals surface area contributed by atoms with Gasteiger partial charge in [-0.1, -0.05) is 6.92 Å². The summed E-state index contributed by atoms with van der Waals surface area (Å²) in [5, 5.41) is 14.9. The van der Waals surface area contributed by atoms with Crippen LogP contribution in [0.4, 0.5) is 0 Å². The highest BCUT2D eigenvalue weighted by Gasteiger charge is 2.24. The molecule has 0 bridgehead atoms.